The van der Waals surface area contributed by atoms with Crippen LogP contribution in [-0.4, -0.2) is 39.3 Å². The van der Waals surface area contributed by atoms with E-state index in [9.17, 15) is 4.79 Å². The van der Waals surface area contributed by atoms with E-state index in [0.717, 1.165) is 19.5 Å². The van der Waals surface area contributed by atoms with E-state index in [-0.39, 0.29) is 5.91 Å². The van der Waals surface area contributed by atoms with Crippen LogP contribution in [0, 0.1) is 0 Å². The molecule has 0 atom stereocenters. The second-order valence-electron chi connectivity index (χ2n) is 4.84. The maximum atomic E-state index is 11.8. The van der Waals surface area contributed by atoms with Crippen LogP contribution in [0.25, 0.3) is 0 Å². The van der Waals surface area contributed by atoms with Crippen LogP contribution in [0.4, 0.5) is 0 Å². The number of benzene rings is 1. The molecule has 0 unspecified atom stereocenters. The van der Waals surface area contributed by atoms with Crippen LogP contribution < -0.4 is 20.1 Å². The number of hydrogen-bond donors (Lipinski definition) is 2. The van der Waals surface area contributed by atoms with E-state index >= 15 is 0 Å². The summed E-state index contributed by atoms with van der Waals surface area (Å²) in [6.07, 6.45) is 3.47. The third-order valence-electron chi connectivity index (χ3n) is 3.33. The minimum atomic E-state index is 0.00401. The molecule has 1 aromatic carbocycles. The van der Waals surface area contributed by atoms with Crippen molar-refractivity contribution in [1.82, 2.24) is 10.6 Å². The molecule has 21 heavy (non-hydrogen) atoms. The predicted molar refractivity (Wildman–Crippen MR) is 81.7 cm³/mol. The molecule has 0 radical (unpaired) electrons. The van der Waals surface area contributed by atoms with Crippen molar-refractivity contribution in [3.05, 3.63) is 35.9 Å². The highest BCUT2D eigenvalue weighted by atomic mass is 16.5. The maximum absolute atomic E-state index is 11.8. The van der Waals surface area contributed by atoms with Crippen LogP contribution in [0.1, 0.15) is 12.8 Å². The van der Waals surface area contributed by atoms with Gasteiger partial charge in [-0.3, -0.25) is 4.79 Å². The first-order chi connectivity index (χ1) is 10.3. The highest BCUT2D eigenvalue weighted by molar-refractivity contribution is 5.76. The van der Waals surface area contributed by atoms with E-state index in [0.29, 0.717) is 31.1 Å². The van der Waals surface area contributed by atoms with E-state index in [4.69, 9.17) is 9.47 Å². The van der Waals surface area contributed by atoms with Crippen LogP contribution in [0.2, 0.25) is 0 Å². The molecule has 1 amide bonds. The van der Waals surface area contributed by atoms with Crippen molar-refractivity contribution in [3.63, 3.8) is 0 Å². The van der Waals surface area contributed by atoms with Gasteiger partial charge in [0.15, 0.2) is 11.5 Å². The van der Waals surface area contributed by atoms with E-state index in [2.05, 4.69) is 16.7 Å². The van der Waals surface area contributed by atoms with Gasteiger partial charge in [-0.15, -0.1) is 0 Å². The van der Waals surface area contributed by atoms with Gasteiger partial charge < -0.3 is 20.1 Å². The Bertz CT molecular complexity index is 500. The zero-order valence-electron chi connectivity index (χ0n) is 12.4. The van der Waals surface area contributed by atoms with Crippen molar-refractivity contribution in [3.8, 4) is 11.5 Å². The van der Waals surface area contributed by atoms with Gasteiger partial charge in [-0.1, -0.05) is 23.8 Å². The number of amides is 1. The summed E-state index contributed by atoms with van der Waals surface area (Å²) in [6, 6.07) is 7.42. The number of rotatable bonds is 7. The van der Waals surface area contributed by atoms with Crippen molar-refractivity contribution in [2.75, 3.05) is 33.4 Å². The van der Waals surface area contributed by atoms with Gasteiger partial charge in [0, 0.05) is 13.1 Å². The topological polar surface area (TPSA) is 59.6 Å². The van der Waals surface area contributed by atoms with E-state index in [1.807, 2.05) is 24.3 Å². The minimum absolute atomic E-state index is 0.00401. The molecule has 0 fully saturated rings. The first-order valence-electron chi connectivity index (χ1n) is 7.20. The summed E-state index contributed by atoms with van der Waals surface area (Å²) in [5, 5.41) is 6.17. The summed E-state index contributed by atoms with van der Waals surface area (Å²) < 4.78 is 10.8. The summed E-state index contributed by atoms with van der Waals surface area (Å²) >= 11 is 0. The van der Waals surface area contributed by atoms with Gasteiger partial charge in [0.25, 0.3) is 0 Å². The van der Waals surface area contributed by atoms with Crippen LogP contribution in [0.5, 0.6) is 11.5 Å². The molecule has 5 nitrogen and oxygen atoms in total. The second kappa shape index (κ2) is 8.32. The van der Waals surface area contributed by atoms with Gasteiger partial charge in [0.05, 0.1) is 20.1 Å². The smallest absolute Gasteiger partial charge is 0.223 e. The SMILES string of the molecule is COc1ccccc1OCCC(=O)NCC1=CCNCC1. The fourth-order valence-electron chi connectivity index (χ4n) is 2.12. The fraction of sp³-hybridized carbons (Fsp3) is 0.438. The average molecular weight is 290 g/mol. The Morgan fingerprint density at radius 2 is 2.14 bits per heavy atom. The molecule has 0 saturated carbocycles. The van der Waals surface area contributed by atoms with Crippen molar-refractivity contribution in [2.45, 2.75) is 12.8 Å². The predicted octanol–water partition coefficient (Wildman–Crippen LogP) is 1.50. The van der Waals surface area contributed by atoms with Gasteiger partial charge in [-0.2, -0.15) is 0 Å². The number of carbonyl (C=O) groups is 1. The summed E-state index contributed by atoms with van der Waals surface area (Å²) in [6.45, 7) is 2.85. The summed E-state index contributed by atoms with van der Waals surface area (Å²) in [4.78, 5) is 11.8. The number of nitrogens with one attached hydrogen (secondary N) is 2. The maximum Gasteiger partial charge on any atom is 0.223 e. The zero-order chi connectivity index (χ0) is 14.9. The van der Waals surface area contributed by atoms with Gasteiger partial charge in [0.1, 0.15) is 0 Å². The average Bonchev–Trinajstić information content (AvgIpc) is 2.54. The minimum Gasteiger partial charge on any atom is -0.493 e. The number of hydrogen-bond acceptors (Lipinski definition) is 4. The Kier molecular flexibility index (Phi) is 6.09. The standard InChI is InChI=1S/C16H22N2O3/c1-20-14-4-2-3-5-15(14)21-11-8-16(19)18-12-13-6-9-17-10-7-13/h2-6,17H,7-12H2,1H3,(H,18,19). The van der Waals surface area contributed by atoms with Crippen LogP contribution >= 0.6 is 0 Å². The fourth-order valence-corrected chi connectivity index (χ4v) is 2.12. The zero-order valence-corrected chi connectivity index (χ0v) is 12.4. The molecule has 1 heterocycles. The number of methoxy groups -OCH3 is 1. The molecule has 5 heteroatoms. The molecule has 0 aliphatic carbocycles. The molecule has 2 rings (SSSR count). The van der Waals surface area contributed by atoms with Gasteiger partial charge in [0.2, 0.25) is 5.91 Å². The summed E-state index contributed by atoms with van der Waals surface area (Å²) in [7, 11) is 1.60. The highest BCUT2D eigenvalue weighted by Crippen LogP contribution is 2.25. The Hall–Kier alpha value is -2.01. The summed E-state index contributed by atoms with van der Waals surface area (Å²) in [5.41, 5.74) is 1.28. The van der Waals surface area contributed by atoms with Crippen LogP contribution in [0.15, 0.2) is 35.9 Å². The largest absolute Gasteiger partial charge is 0.493 e. The normalized spacial score (nSPS) is 14.2. The lowest BCUT2D eigenvalue weighted by atomic mass is 10.1. The van der Waals surface area contributed by atoms with Crippen molar-refractivity contribution < 1.29 is 14.3 Å². The van der Waals surface area contributed by atoms with Gasteiger partial charge in [-0.05, 0) is 25.1 Å². The van der Waals surface area contributed by atoms with Crippen molar-refractivity contribution in [1.29, 1.82) is 0 Å². The number of ether oxygens (including phenoxy) is 2. The second-order valence-corrected chi connectivity index (χ2v) is 4.84. The lowest BCUT2D eigenvalue weighted by Crippen LogP contribution is -2.30. The quantitative estimate of drug-likeness (QED) is 0.747. The summed E-state index contributed by atoms with van der Waals surface area (Å²) in [5.74, 6) is 1.34. The number of para-hydroxylation sites is 2. The monoisotopic (exact) mass is 290 g/mol. The first-order valence-corrected chi connectivity index (χ1v) is 7.20. The molecule has 114 valence electrons. The molecular weight excluding hydrogens is 268 g/mol. The number of carbonyl (C=O) groups excluding carboxylic acids is 1. The molecule has 2 N–H and O–H groups in total. The Labute approximate surface area is 125 Å². The first kappa shape index (κ1) is 15.4. The van der Waals surface area contributed by atoms with Crippen LogP contribution in [0.3, 0.4) is 0 Å². The third kappa shape index (κ3) is 5.11. The molecular formula is C16H22N2O3. The lowest BCUT2D eigenvalue weighted by molar-refractivity contribution is -0.121. The molecule has 0 spiro atoms. The van der Waals surface area contributed by atoms with Crippen molar-refractivity contribution >= 4 is 5.91 Å². The molecule has 1 aliphatic heterocycles. The molecule has 0 aromatic heterocycles. The van der Waals surface area contributed by atoms with Crippen LogP contribution in [-0.2, 0) is 4.79 Å². The lowest BCUT2D eigenvalue weighted by Gasteiger charge is -2.14. The van der Waals surface area contributed by atoms with Gasteiger partial charge in [-0.25, -0.2) is 0 Å². The molecule has 1 aromatic rings. The molecule has 0 saturated heterocycles. The third-order valence-corrected chi connectivity index (χ3v) is 3.33. The Morgan fingerprint density at radius 3 is 2.86 bits per heavy atom. The highest BCUT2D eigenvalue weighted by Gasteiger charge is 2.07. The van der Waals surface area contributed by atoms with Crippen molar-refractivity contribution in [2.24, 2.45) is 0 Å². The van der Waals surface area contributed by atoms with E-state index < -0.39 is 0 Å². The molecule has 1 aliphatic rings. The van der Waals surface area contributed by atoms with Gasteiger partial charge >= 0.3 is 0 Å². The van der Waals surface area contributed by atoms with E-state index in [1.165, 1.54) is 5.57 Å². The molecule has 0 bridgehead atoms. The van der Waals surface area contributed by atoms with E-state index in [1.54, 1.807) is 7.11 Å². The Balaban J connectivity index is 1.68. The Morgan fingerprint density at radius 1 is 1.33 bits per heavy atom.